The van der Waals surface area contributed by atoms with Crippen LogP contribution in [0, 0.1) is 0 Å². The number of hydrogen-bond donors (Lipinski definition) is 1. The number of aryl methyl sites for hydroxylation is 1. The van der Waals surface area contributed by atoms with Gasteiger partial charge >= 0.3 is 0 Å². The summed E-state index contributed by atoms with van der Waals surface area (Å²) in [5, 5.41) is 0. The van der Waals surface area contributed by atoms with E-state index in [4.69, 9.17) is 9.73 Å². The van der Waals surface area contributed by atoms with Gasteiger partial charge in [0, 0.05) is 35.4 Å². The molecule has 2 aromatic carbocycles. The number of aromatic nitrogens is 2. The highest BCUT2D eigenvalue weighted by molar-refractivity contribution is 6.01. The van der Waals surface area contributed by atoms with Crippen molar-refractivity contribution in [2.45, 2.75) is 65.9 Å². The molecule has 0 spiro atoms. The summed E-state index contributed by atoms with van der Waals surface area (Å²) in [5.74, 6) is 1.87. The zero-order chi connectivity index (χ0) is 24.6. The van der Waals surface area contributed by atoms with Crippen LogP contribution in [-0.2, 0) is 13.0 Å². The van der Waals surface area contributed by atoms with Gasteiger partial charge in [-0.1, -0.05) is 38.1 Å². The van der Waals surface area contributed by atoms with Gasteiger partial charge in [0.25, 0.3) is 0 Å². The van der Waals surface area contributed by atoms with Crippen molar-refractivity contribution in [1.82, 2.24) is 9.97 Å². The molecule has 3 aliphatic rings. The Kier molecular flexibility index (Phi) is 5.96. The Labute approximate surface area is 213 Å². The zero-order valence-corrected chi connectivity index (χ0v) is 21.4. The third kappa shape index (κ3) is 4.05. The van der Waals surface area contributed by atoms with E-state index < -0.39 is 0 Å². The van der Waals surface area contributed by atoms with Crippen molar-refractivity contribution in [2.75, 3.05) is 0 Å². The van der Waals surface area contributed by atoms with Crippen LogP contribution in [0.2, 0.25) is 0 Å². The van der Waals surface area contributed by atoms with Crippen molar-refractivity contribution in [3.63, 3.8) is 0 Å². The first-order chi connectivity index (χ1) is 17.6. The first-order valence-corrected chi connectivity index (χ1v) is 13.2. The molecule has 0 atom stereocenters. The molecule has 0 amide bonds. The number of benzene rings is 2. The van der Waals surface area contributed by atoms with Gasteiger partial charge in [-0.3, -0.25) is 4.99 Å². The van der Waals surface area contributed by atoms with Crippen LogP contribution in [0.5, 0.6) is 5.75 Å². The second-order valence-corrected chi connectivity index (χ2v) is 9.97. The molecule has 0 fully saturated rings. The van der Waals surface area contributed by atoms with E-state index in [1.165, 1.54) is 50.4 Å². The van der Waals surface area contributed by atoms with E-state index in [2.05, 4.69) is 79.3 Å². The smallest absolute Gasteiger partial charge is 0.133 e. The maximum absolute atomic E-state index is 6.29. The molecule has 1 aromatic heterocycles. The van der Waals surface area contributed by atoms with E-state index in [1.807, 2.05) is 6.20 Å². The molecule has 1 aliphatic carbocycles. The standard InChI is InChI=1S/C32H33N3O/c1-4-6-7-9-24-17-28-26-15-23-19-36-31-16-22(30-18-33-32(35-30)20(3)8-5-2)10-12-25(31)27(23)14-21(26)11-13-29(28)34-24/h6-8,10,12,14-16,18H,4-5,9,11,13,17,19H2,1-3H3,(H,33,35). The fourth-order valence-electron chi connectivity index (χ4n) is 5.62. The lowest BCUT2D eigenvalue weighted by molar-refractivity contribution is 0.302. The first-order valence-electron chi connectivity index (χ1n) is 13.2. The van der Waals surface area contributed by atoms with Gasteiger partial charge in [-0.15, -0.1) is 0 Å². The molecule has 6 rings (SSSR count). The molecule has 4 heteroatoms. The van der Waals surface area contributed by atoms with Crippen LogP contribution in [0.15, 0.2) is 65.4 Å². The molecule has 2 aliphatic heterocycles. The number of aliphatic imine (C=N–C) groups is 1. The summed E-state index contributed by atoms with van der Waals surface area (Å²) < 4.78 is 6.29. The minimum absolute atomic E-state index is 0.598. The van der Waals surface area contributed by atoms with Crippen LogP contribution in [-0.4, -0.2) is 15.7 Å². The molecular weight excluding hydrogens is 442 g/mol. The summed E-state index contributed by atoms with van der Waals surface area (Å²) in [4.78, 5) is 13.0. The number of imidazole rings is 1. The monoisotopic (exact) mass is 475 g/mol. The van der Waals surface area contributed by atoms with Gasteiger partial charge in [-0.2, -0.15) is 0 Å². The van der Waals surface area contributed by atoms with Crippen LogP contribution in [0.25, 0.3) is 33.5 Å². The Morgan fingerprint density at radius 3 is 2.75 bits per heavy atom. The van der Waals surface area contributed by atoms with Gasteiger partial charge in [0.1, 0.15) is 18.2 Å². The summed E-state index contributed by atoms with van der Waals surface area (Å²) in [5.41, 5.74) is 13.9. The van der Waals surface area contributed by atoms with Crippen molar-refractivity contribution < 1.29 is 4.74 Å². The van der Waals surface area contributed by atoms with E-state index in [0.717, 1.165) is 61.4 Å². The highest BCUT2D eigenvalue weighted by atomic mass is 16.5. The molecule has 0 radical (unpaired) electrons. The fraction of sp³-hybridized carbons (Fsp3) is 0.312. The lowest BCUT2D eigenvalue weighted by Crippen LogP contribution is -2.10. The van der Waals surface area contributed by atoms with Crippen LogP contribution in [0.3, 0.4) is 0 Å². The van der Waals surface area contributed by atoms with Crippen molar-refractivity contribution in [3.05, 3.63) is 83.0 Å². The minimum Gasteiger partial charge on any atom is -0.488 e. The summed E-state index contributed by atoms with van der Waals surface area (Å²) in [6.45, 7) is 7.02. The lowest BCUT2D eigenvalue weighted by Gasteiger charge is -2.26. The Morgan fingerprint density at radius 1 is 1.00 bits per heavy atom. The van der Waals surface area contributed by atoms with Gasteiger partial charge in [0.15, 0.2) is 0 Å². The molecule has 36 heavy (non-hydrogen) atoms. The summed E-state index contributed by atoms with van der Waals surface area (Å²) in [7, 11) is 0. The second kappa shape index (κ2) is 9.42. The van der Waals surface area contributed by atoms with Gasteiger partial charge in [0.2, 0.25) is 0 Å². The Bertz CT molecular complexity index is 1460. The number of hydrogen-bond acceptors (Lipinski definition) is 3. The molecule has 3 aromatic rings. The SMILES string of the molecule is CCC=CCC1=NC2=C(C1)c1cc3c(cc1CC2)-c1ccc(-c2cnc(C(C)=CCC)[nH]2)cc1OC3. The third-order valence-corrected chi connectivity index (χ3v) is 7.49. The van der Waals surface area contributed by atoms with Crippen molar-refractivity contribution in [2.24, 2.45) is 4.99 Å². The van der Waals surface area contributed by atoms with Gasteiger partial charge < -0.3 is 9.72 Å². The molecular formula is C32H33N3O. The number of allylic oxidation sites excluding steroid dienone is 6. The molecule has 0 unspecified atom stereocenters. The predicted octanol–water partition coefficient (Wildman–Crippen LogP) is 8.31. The Morgan fingerprint density at radius 2 is 1.89 bits per heavy atom. The van der Waals surface area contributed by atoms with E-state index >= 15 is 0 Å². The summed E-state index contributed by atoms with van der Waals surface area (Å²) >= 11 is 0. The van der Waals surface area contributed by atoms with Crippen LogP contribution in [0.4, 0.5) is 0 Å². The number of rotatable bonds is 6. The quantitative estimate of drug-likeness (QED) is 0.364. The highest BCUT2D eigenvalue weighted by Gasteiger charge is 2.28. The maximum atomic E-state index is 6.29. The number of fused-ring (bicyclic) bond motifs is 5. The zero-order valence-electron chi connectivity index (χ0n) is 21.4. The first kappa shape index (κ1) is 22.8. The van der Waals surface area contributed by atoms with Crippen molar-refractivity contribution >= 4 is 16.9 Å². The van der Waals surface area contributed by atoms with E-state index in [9.17, 15) is 0 Å². The average Bonchev–Trinajstić information content (AvgIpc) is 3.55. The number of nitrogens with one attached hydrogen (secondary N) is 1. The molecule has 182 valence electrons. The molecule has 3 heterocycles. The fourth-order valence-corrected chi connectivity index (χ4v) is 5.62. The van der Waals surface area contributed by atoms with Crippen LogP contribution in [0.1, 0.15) is 75.4 Å². The third-order valence-electron chi connectivity index (χ3n) is 7.49. The van der Waals surface area contributed by atoms with Gasteiger partial charge in [-0.05, 0) is 90.3 Å². The molecule has 0 saturated carbocycles. The number of aromatic amines is 1. The molecule has 1 N–H and O–H groups in total. The average molecular weight is 476 g/mol. The highest BCUT2D eigenvalue weighted by Crippen LogP contribution is 2.45. The van der Waals surface area contributed by atoms with E-state index in [-0.39, 0.29) is 0 Å². The largest absolute Gasteiger partial charge is 0.488 e. The topological polar surface area (TPSA) is 50.3 Å². The predicted molar refractivity (Wildman–Crippen MR) is 149 cm³/mol. The van der Waals surface area contributed by atoms with Crippen LogP contribution >= 0.6 is 0 Å². The van der Waals surface area contributed by atoms with Crippen molar-refractivity contribution in [3.8, 4) is 28.1 Å². The summed E-state index contributed by atoms with van der Waals surface area (Å²) in [6.07, 6.45) is 14.7. The normalized spacial score (nSPS) is 16.4. The van der Waals surface area contributed by atoms with Crippen LogP contribution < -0.4 is 4.74 Å². The van der Waals surface area contributed by atoms with E-state index in [0.29, 0.717) is 6.61 Å². The van der Waals surface area contributed by atoms with Gasteiger partial charge in [0.05, 0.1) is 11.9 Å². The summed E-state index contributed by atoms with van der Waals surface area (Å²) in [6, 6.07) is 11.3. The molecule has 0 bridgehead atoms. The molecule has 0 saturated heterocycles. The van der Waals surface area contributed by atoms with Gasteiger partial charge in [-0.25, -0.2) is 4.98 Å². The van der Waals surface area contributed by atoms with E-state index in [1.54, 1.807) is 0 Å². The minimum atomic E-state index is 0.598. The number of H-pyrrole nitrogens is 1. The Balaban J connectivity index is 1.29. The molecule has 4 nitrogen and oxygen atoms in total. The van der Waals surface area contributed by atoms with Crippen molar-refractivity contribution in [1.29, 1.82) is 0 Å². The lowest BCUT2D eigenvalue weighted by atomic mass is 9.83. The second-order valence-electron chi connectivity index (χ2n) is 9.97. The number of ether oxygens (including phenoxy) is 1. The number of nitrogens with zero attached hydrogens (tertiary/aromatic N) is 2. The Hall–Kier alpha value is -3.66. The maximum Gasteiger partial charge on any atom is 0.133 e.